The van der Waals surface area contributed by atoms with E-state index < -0.39 is 10.0 Å². The first-order valence-corrected chi connectivity index (χ1v) is 5.75. The molecule has 0 aliphatic carbocycles. The molecule has 1 aromatic rings. The minimum Gasteiger partial charge on any atom is -0.263 e. The van der Waals surface area contributed by atoms with Gasteiger partial charge in [-0.25, -0.2) is 13.6 Å². The average molecular weight is 214 g/mol. The molecule has 0 unspecified atom stereocenters. The molecule has 0 bridgehead atoms. The third kappa shape index (κ3) is 2.30. The van der Waals surface area contributed by atoms with Gasteiger partial charge in [0.2, 0.25) is 10.0 Å². The van der Waals surface area contributed by atoms with E-state index in [-0.39, 0.29) is 10.3 Å². The van der Waals surface area contributed by atoms with Crippen molar-refractivity contribution in [1.29, 1.82) is 0 Å². The van der Waals surface area contributed by atoms with Crippen LogP contribution in [0.25, 0.3) is 0 Å². The predicted molar refractivity (Wildman–Crippen MR) is 54.3 cm³/mol. The van der Waals surface area contributed by atoms with Crippen molar-refractivity contribution < 1.29 is 8.42 Å². The Kier molecular flexibility index (Phi) is 2.65. The van der Waals surface area contributed by atoms with Crippen molar-refractivity contribution >= 4 is 10.0 Å². The van der Waals surface area contributed by atoms with Crippen LogP contribution in [0, 0.1) is 0 Å². The zero-order valence-corrected chi connectivity index (χ0v) is 9.30. The first kappa shape index (κ1) is 11.1. The number of aromatic nitrogens is 1. The summed E-state index contributed by atoms with van der Waals surface area (Å²) >= 11 is 0. The minimum absolute atomic E-state index is 0.104. The van der Waals surface area contributed by atoms with Gasteiger partial charge in [0.05, 0.1) is 0 Å². The lowest BCUT2D eigenvalue weighted by Crippen LogP contribution is -2.21. The molecule has 0 aromatic carbocycles. The molecule has 14 heavy (non-hydrogen) atoms. The second-order valence-corrected chi connectivity index (χ2v) is 5.70. The topological polar surface area (TPSA) is 73.0 Å². The van der Waals surface area contributed by atoms with Gasteiger partial charge in [0, 0.05) is 12.4 Å². The Labute approximate surface area is 84.2 Å². The maximum atomic E-state index is 11.2. The quantitative estimate of drug-likeness (QED) is 0.758. The van der Waals surface area contributed by atoms with Gasteiger partial charge < -0.3 is 0 Å². The Morgan fingerprint density at radius 2 is 1.93 bits per heavy atom. The second kappa shape index (κ2) is 3.33. The molecule has 0 amide bonds. The summed E-state index contributed by atoms with van der Waals surface area (Å²) in [5, 5.41) is 5.09. The van der Waals surface area contributed by atoms with E-state index in [1.165, 1.54) is 6.20 Å². The average Bonchev–Trinajstić information content (AvgIpc) is 2.01. The van der Waals surface area contributed by atoms with E-state index in [0.717, 1.165) is 0 Å². The number of pyridine rings is 1. The maximum absolute atomic E-state index is 11.2. The van der Waals surface area contributed by atoms with Crippen molar-refractivity contribution in [3.05, 3.63) is 24.0 Å². The third-order valence-corrected chi connectivity index (χ3v) is 2.84. The van der Waals surface area contributed by atoms with Crippen LogP contribution in [0.3, 0.4) is 0 Å². The molecule has 1 rings (SSSR count). The van der Waals surface area contributed by atoms with Gasteiger partial charge in [0.25, 0.3) is 0 Å². The zero-order valence-electron chi connectivity index (χ0n) is 8.48. The molecular formula is C9H14N2O2S. The van der Waals surface area contributed by atoms with E-state index in [4.69, 9.17) is 5.14 Å². The van der Waals surface area contributed by atoms with Crippen molar-refractivity contribution in [3.8, 4) is 0 Å². The second-order valence-electron chi connectivity index (χ2n) is 4.17. The van der Waals surface area contributed by atoms with Gasteiger partial charge in [-0.2, -0.15) is 0 Å². The lowest BCUT2D eigenvalue weighted by Gasteiger charge is -2.21. The van der Waals surface area contributed by atoms with Crippen LogP contribution in [0.15, 0.2) is 23.4 Å². The Hall–Kier alpha value is -0.940. The maximum Gasteiger partial charge on any atom is 0.239 e. The van der Waals surface area contributed by atoms with E-state index in [2.05, 4.69) is 4.98 Å². The van der Waals surface area contributed by atoms with Gasteiger partial charge in [0.1, 0.15) is 4.90 Å². The zero-order chi connectivity index (χ0) is 11.0. The van der Waals surface area contributed by atoms with E-state index in [1.807, 2.05) is 20.8 Å². The van der Waals surface area contributed by atoms with Crippen LogP contribution in [-0.2, 0) is 15.4 Å². The number of hydrogen-bond donors (Lipinski definition) is 1. The van der Waals surface area contributed by atoms with Gasteiger partial charge >= 0.3 is 0 Å². The number of nitrogens with two attached hydrogens (primary N) is 1. The summed E-state index contributed by atoms with van der Waals surface area (Å²) in [4.78, 5) is 3.87. The van der Waals surface area contributed by atoms with Crippen molar-refractivity contribution in [1.82, 2.24) is 4.98 Å². The van der Waals surface area contributed by atoms with Crippen LogP contribution in [0.1, 0.15) is 26.3 Å². The van der Waals surface area contributed by atoms with Gasteiger partial charge in [-0.05, 0) is 17.0 Å². The van der Waals surface area contributed by atoms with Gasteiger partial charge in [-0.15, -0.1) is 0 Å². The summed E-state index contributed by atoms with van der Waals surface area (Å²) < 4.78 is 22.5. The first-order chi connectivity index (χ1) is 6.23. The summed E-state index contributed by atoms with van der Waals surface area (Å²) in [5.74, 6) is 0. The molecule has 1 aromatic heterocycles. The number of rotatable bonds is 1. The molecule has 0 aliphatic heterocycles. The van der Waals surface area contributed by atoms with Crippen molar-refractivity contribution in [2.24, 2.45) is 5.14 Å². The fraction of sp³-hybridized carbons (Fsp3) is 0.444. The van der Waals surface area contributed by atoms with Gasteiger partial charge in [0.15, 0.2) is 0 Å². The van der Waals surface area contributed by atoms with Crippen LogP contribution in [-0.4, -0.2) is 13.4 Å². The molecule has 0 spiro atoms. The third-order valence-electron chi connectivity index (χ3n) is 1.90. The van der Waals surface area contributed by atoms with E-state index >= 15 is 0 Å². The van der Waals surface area contributed by atoms with E-state index in [9.17, 15) is 8.42 Å². The monoisotopic (exact) mass is 214 g/mol. The van der Waals surface area contributed by atoms with Crippen LogP contribution in [0.5, 0.6) is 0 Å². The molecule has 0 saturated carbocycles. The highest BCUT2D eigenvalue weighted by atomic mass is 32.2. The van der Waals surface area contributed by atoms with Gasteiger partial charge in [-0.1, -0.05) is 20.8 Å². The smallest absolute Gasteiger partial charge is 0.239 e. The molecule has 5 heteroatoms. The number of sulfonamides is 1. The first-order valence-electron chi connectivity index (χ1n) is 4.20. The molecule has 1 heterocycles. The van der Waals surface area contributed by atoms with Crippen molar-refractivity contribution in [2.75, 3.05) is 0 Å². The molecular weight excluding hydrogens is 200 g/mol. The molecule has 2 N–H and O–H groups in total. The Morgan fingerprint density at radius 1 is 1.36 bits per heavy atom. The Balaban J connectivity index is 3.47. The minimum atomic E-state index is -3.68. The SMILES string of the molecule is CC(C)(C)c1ccncc1S(N)(=O)=O. The van der Waals surface area contributed by atoms with Crippen LogP contribution in [0.2, 0.25) is 0 Å². The highest BCUT2D eigenvalue weighted by Crippen LogP contribution is 2.26. The molecule has 0 saturated heterocycles. The number of nitrogens with zero attached hydrogens (tertiary/aromatic N) is 1. The fourth-order valence-electron chi connectivity index (χ4n) is 1.23. The highest BCUT2D eigenvalue weighted by Gasteiger charge is 2.23. The van der Waals surface area contributed by atoms with Crippen LogP contribution in [0.4, 0.5) is 0 Å². The lowest BCUT2D eigenvalue weighted by molar-refractivity contribution is 0.560. The van der Waals surface area contributed by atoms with Gasteiger partial charge in [-0.3, -0.25) is 4.98 Å². The summed E-state index contributed by atoms with van der Waals surface area (Å²) in [7, 11) is -3.68. The van der Waals surface area contributed by atoms with Crippen LogP contribution < -0.4 is 5.14 Å². The largest absolute Gasteiger partial charge is 0.263 e. The Morgan fingerprint density at radius 3 is 2.29 bits per heavy atom. The van der Waals surface area contributed by atoms with E-state index in [1.54, 1.807) is 12.3 Å². The molecule has 0 fully saturated rings. The Bertz CT molecular complexity index is 432. The molecule has 0 aliphatic rings. The normalized spacial score (nSPS) is 12.9. The standard InChI is InChI=1S/C9H14N2O2S/c1-9(2,3)7-4-5-11-6-8(7)14(10,12)13/h4-6H,1-3H3,(H2,10,12,13). The van der Waals surface area contributed by atoms with Crippen molar-refractivity contribution in [2.45, 2.75) is 31.1 Å². The van der Waals surface area contributed by atoms with Crippen molar-refractivity contribution in [3.63, 3.8) is 0 Å². The molecule has 0 atom stereocenters. The molecule has 4 nitrogen and oxygen atoms in total. The predicted octanol–water partition coefficient (Wildman–Crippen LogP) is 1.03. The summed E-state index contributed by atoms with van der Waals surface area (Å²) in [6, 6.07) is 1.68. The molecule has 0 radical (unpaired) electrons. The number of hydrogen-bond acceptors (Lipinski definition) is 3. The number of primary sulfonamides is 1. The van der Waals surface area contributed by atoms with Crippen LogP contribution >= 0.6 is 0 Å². The fourth-order valence-corrected chi connectivity index (χ4v) is 2.11. The summed E-state index contributed by atoms with van der Waals surface area (Å²) in [5.41, 5.74) is 0.431. The summed E-state index contributed by atoms with van der Waals surface area (Å²) in [6.45, 7) is 5.78. The molecule has 78 valence electrons. The highest BCUT2D eigenvalue weighted by molar-refractivity contribution is 7.89. The summed E-state index contributed by atoms with van der Waals surface area (Å²) in [6.07, 6.45) is 2.85. The lowest BCUT2D eigenvalue weighted by atomic mass is 9.88. The van der Waals surface area contributed by atoms with E-state index in [0.29, 0.717) is 5.56 Å².